The molecule has 1 aromatic heterocycles. The van der Waals surface area contributed by atoms with E-state index in [0.717, 1.165) is 24.9 Å². The summed E-state index contributed by atoms with van der Waals surface area (Å²) in [6.07, 6.45) is 1.17. The molecule has 1 atom stereocenters. The smallest absolute Gasteiger partial charge is 0.262 e. The minimum absolute atomic E-state index is 0.173. The molecule has 1 N–H and O–H groups in total. The molecular formula is C11H11ClN2O2. The third-order valence-corrected chi connectivity index (χ3v) is 2.93. The van der Waals surface area contributed by atoms with Crippen LogP contribution in [-0.4, -0.2) is 24.4 Å². The molecular weight excluding hydrogens is 228 g/mol. The lowest BCUT2D eigenvalue weighted by Gasteiger charge is -2.08. The Balaban J connectivity index is 1.93. The van der Waals surface area contributed by atoms with Gasteiger partial charge in [0.1, 0.15) is 6.10 Å². The molecule has 84 valence electrons. The van der Waals surface area contributed by atoms with Crippen LogP contribution in [0.2, 0.25) is 5.02 Å². The van der Waals surface area contributed by atoms with Crippen LogP contribution in [0.4, 0.5) is 0 Å². The van der Waals surface area contributed by atoms with Gasteiger partial charge in [0.05, 0.1) is 5.39 Å². The van der Waals surface area contributed by atoms with Gasteiger partial charge in [0.25, 0.3) is 5.88 Å². The van der Waals surface area contributed by atoms with E-state index in [-0.39, 0.29) is 6.10 Å². The van der Waals surface area contributed by atoms with Crippen molar-refractivity contribution in [3.63, 3.8) is 0 Å². The number of hydrogen-bond acceptors (Lipinski definition) is 4. The van der Waals surface area contributed by atoms with Crippen molar-refractivity contribution >= 4 is 22.6 Å². The molecule has 0 bridgehead atoms. The number of ether oxygens (including phenoxy) is 1. The number of nitrogens with one attached hydrogen (secondary N) is 1. The number of fused-ring (bicyclic) bond motifs is 1. The summed E-state index contributed by atoms with van der Waals surface area (Å²) in [5, 5.41) is 8.64. The molecule has 2 aromatic rings. The van der Waals surface area contributed by atoms with E-state index < -0.39 is 0 Å². The number of nitrogens with zero attached hydrogens (tertiary/aromatic N) is 1. The van der Waals surface area contributed by atoms with Crippen LogP contribution in [-0.2, 0) is 0 Å². The third-order valence-electron chi connectivity index (χ3n) is 2.69. The quantitative estimate of drug-likeness (QED) is 0.872. The highest BCUT2D eigenvalue weighted by atomic mass is 35.5. The summed E-state index contributed by atoms with van der Waals surface area (Å²) >= 11 is 5.93. The van der Waals surface area contributed by atoms with Crippen molar-refractivity contribution in [3.05, 3.63) is 23.2 Å². The zero-order valence-corrected chi connectivity index (χ0v) is 9.33. The van der Waals surface area contributed by atoms with Gasteiger partial charge < -0.3 is 14.6 Å². The fourth-order valence-electron chi connectivity index (χ4n) is 1.86. The van der Waals surface area contributed by atoms with Gasteiger partial charge in [-0.15, -0.1) is 0 Å². The molecule has 0 aliphatic carbocycles. The molecule has 1 aliphatic rings. The number of halogens is 1. The highest BCUT2D eigenvalue weighted by Gasteiger charge is 2.19. The van der Waals surface area contributed by atoms with E-state index >= 15 is 0 Å². The topological polar surface area (TPSA) is 47.3 Å². The Morgan fingerprint density at radius 3 is 3.25 bits per heavy atom. The maximum absolute atomic E-state index is 5.93. The Morgan fingerprint density at radius 1 is 1.50 bits per heavy atom. The molecule has 1 unspecified atom stereocenters. The molecule has 2 heterocycles. The second-order valence-electron chi connectivity index (χ2n) is 3.86. The zero-order chi connectivity index (χ0) is 11.0. The maximum atomic E-state index is 5.93. The van der Waals surface area contributed by atoms with Gasteiger partial charge in [0.2, 0.25) is 0 Å². The largest absolute Gasteiger partial charge is 0.470 e. The van der Waals surface area contributed by atoms with Gasteiger partial charge in [0.15, 0.2) is 5.58 Å². The van der Waals surface area contributed by atoms with Gasteiger partial charge >= 0.3 is 0 Å². The fourth-order valence-corrected chi connectivity index (χ4v) is 2.03. The molecule has 0 radical (unpaired) electrons. The van der Waals surface area contributed by atoms with Crippen molar-refractivity contribution in [2.75, 3.05) is 13.1 Å². The average molecular weight is 239 g/mol. The second kappa shape index (κ2) is 3.96. The number of aromatic nitrogens is 1. The van der Waals surface area contributed by atoms with E-state index in [2.05, 4.69) is 10.5 Å². The third kappa shape index (κ3) is 1.74. The van der Waals surface area contributed by atoms with Crippen molar-refractivity contribution < 1.29 is 9.26 Å². The van der Waals surface area contributed by atoms with Gasteiger partial charge in [0, 0.05) is 11.6 Å². The molecule has 0 spiro atoms. The van der Waals surface area contributed by atoms with Crippen LogP contribution < -0.4 is 10.1 Å². The van der Waals surface area contributed by atoms with Gasteiger partial charge in [-0.25, -0.2) is 0 Å². The van der Waals surface area contributed by atoms with Crippen LogP contribution in [0, 0.1) is 0 Å². The summed E-state index contributed by atoms with van der Waals surface area (Å²) in [7, 11) is 0. The number of rotatable bonds is 2. The van der Waals surface area contributed by atoms with E-state index in [0.29, 0.717) is 16.5 Å². The first-order valence-electron chi connectivity index (χ1n) is 5.25. The monoisotopic (exact) mass is 238 g/mol. The van der Waals surface area contributed by atoms with Crippen LogP contribution in [0.25, 0.3) is 11.0 Å². The summed E-state index contributed by atoms with van der Waals surface area (Å²) in [4.78, 5) is 0. The predicted octanol–water partition coefficient (Wildman–Crippen LogP) is 2.22. The Bertz CT molecular complexity index is 506. The van der Waals surface area contributed by atoms with E-state index in [1.54, 1.807) is 12.1 Å². The molecule has 16 heavy (non-hydrogen) atoms. The van der Waals surface area contributed by atoms with Gasteiger partial charge in [-0.1, -0.05) is 11.6 Å². The molecule has 0 amide bonds. The lowest BCUT2D eigenvalue weighted by molar-refractivity contribution is 0.204. The SMILES string of the molecule is Clc1ccc2onc(OC3CCNC3)c2c1. The van der Waals surface area contributed by atoms with Crippen LogP contribution >= 0.6 is 11.6 Å². The maximum Gasteiger partial charge on any atom is 0.262 e. The van der Waals surface area contributed by atoms with Crippen molar-refractivity contribution in [1.29, 1.82) is 0 Å². The Hall–Kier alpha value is -1.26. The summed E-state index contributed by atoms with van der Waals surface area (Å²) < 4.78 is 10.9. The molecule has 3 rings (SSSR count). The first kappa shape index (κ1) is 9.93. The number of benzene rings is 1. The lowest BCUT2D eigenvalue weighted by Crippen LogP contribution is -2.19. The first-order chi connectivity index (χ1) is 7.83. The minimum Gasteiger partial charge on any atom is -0.470 e. The van der Waals surface area contributed by atoms with Gasteiger partial charge in [-0.05, 0) is 36.3 Å². The normalized spacial score (nSPS) is 20.4. The van der Waals surface area contributed by atoms with E-state index in [4.69, 9.17) is 20.9 Å². The standard InChI is InChI=1S/C11H11ClN2O2/c12-7-1-2-10-9(5-7)11(14-16-10)15-8-3-4-13-6-8/h1-2,5,8,13H,3-4,6H2. The van der Waals surface area contributed by atoms with Crippen LogP contribution in [0.3, 0.4) is 0 Å². The highest BCUT2D eigenvalue weighted by Crippen LogP contribution is 2.28. The van der Waals surface area contributed by atoms with Crippen LogP contribution in [0.5, 0.6) is 5.88 Å². The molecule has 1 aromatic carbocycles. The fraction of sp³-hybridized carbons (Fsp3) is 0.364. The highest BCUT2D eigenvalue weighted by molar-refractivity contribution is 6.31. The minimum atomic E-state index is 0.173. The Kier molecular flexibility index (Phi) is 2.46. The van der Waals surface area contributed by atoms with Crippen LogP contribution in [0.1, 0.15) is 6.42 Å². The number of hydrogen-bond donors (Lipinski definition) is 1. The van der Waals surface area contributed by atoms with E-state index in [1.807, 2.05) is 6.07 Å². The molecule has 0 saturated carbocycles. The summed E-state index contributed by atoms with van der Waals surface area (Å²) in [5.41, 5.74) is 0.699. The summed E-state index contributed by atoms with van der Waals surface area (Å²) in [6.45, 7) is 1.84. The predicted molar refractivity (Wildman–Crippen MR) is 60.9 cm³/mol. The Morgan fingerprint density at radius 2 is 2.44 bits per heavy atom. The summed E-state index contributed by atoms with van der Waals surface area (Å²) in [5.74, 6) is 0.534. The second-order valence-corrected chi connectivity index (χ2v) is 4.30. The molecule has 1 aliphatic heterocycles. The van der Waals surface area contributed by atoms with Crippen LogP contribution in [0.15, 0.2) is 22.7 Å². The Labute approximate surface area is 97.5 Å². The molecule has 5 heteroatoms. The van der Waals surface area contributed by atoms with E-state index in [1.165, 1.54) is 0 Å². The average Bonchev–Trinajstić information content (AvgIpc) is 2.90. The molecule has 1 fully saturated rings. The zero-order valence-electron chi connectivity index (χ0n) is 8.57. The first-order valence-corrected chi connectivity index (χ1v) is 5.63. The van der Waals surface area contributed by atoms with Gasteiger partial charge in [-0.3, -0.25) is 0 Å². The van der Waals surface area contributed by atoms with E-state index in [9.17, 15) is 0 Å². The van der Waals surface area contributed by atoms with Crippen molar-refractivity contribution in [1.82, 2.24) is 10.5 Å². The van der Waals surface area contributed by atoms with Gasteiger partial charge in [-0.2, -0.15) is 0 Å². The molecule has 4 nitrogen and oxygen atoms in total. The van der Waals surface area contributed by atoms with Crippen molar-refractivity contribution in [2.24, 2.45) is 0 Å². The van der Waals surface area contributed by atoms with Crippen molar-refractivity contribution in [2.45, 2.75) is 12.5 Å². The lowest BCUT2D eigenvalue weighted by atomic mass is 10.2. The van der Waals surface area contributed by atoms with Crippen molar-refractivity contribution in [3.8, 4) is 5.88 Å². The summed E-state index contributed by atoms with van der Waals surface area (Å²) in [6, 6.07) is 5.38. The molecule has 1 saturated heterocycles.